The topological polar surface area (TPSA) is 132 Å². The summed E-state index contributed by atoms with van der Waals surface area (Å²) in [4.78, 5) is 39.2. The molecular weight excluding hydrogens is 508 g/mol. The smallest absolute Gasteiger partial charge is 0.331 e. The van der Waals surface area contributed by atoms with Gasteiger partial charge >= 0.3 is 5.97 Å². The number of carboxylic acids is 1. The Morgan fingerprint density at radius 2 is 1.70 bits per heavy atom. The maximum Gasteiger partial charge on any atom is 0.331 e. The lowest BCUT2D eigenvalue weighted by atomic mass is 9.40. The van der Waals surface area contributed by atoms with Crippen LogP contribution >= 0.6 is 0 Å². The SMILES string of the molecule is CC(=CC(O)CC1CCCCC2C(=O)C3=C(C(O)CC4C(C)(C)C(=O)CCC34C)C3(C)C(O)CC1C23C)C(=O)O. The van der Waals surface area contributed by atoms with Crippen LogP contribution in [0.15, 0.2) is 22.8 Å². The zero-order chi connectivity index (χ0) is 29.6. The molecule has 0 radical (unpaired) electrons. The highest BCUT2D eigenvalue weighted by Gasteiger charge is 2.73. The molecule has 10 atom stereocenters. The number of carboxylic acid groups (broad SMARTS) is 1. The van der Waals surface area contributed by atoms with Crippen molar-refractivity contribution >= 4 is 17.5 Å². The van der Waals surface area contributed by atoms with Gasteiger partial charge in [0.2, 0.25) is 0 Å². The van der Waals surface area contributed by atoms with E-state index in [9.17, 15) is 34.8 Å². The second-order valence-electron chi connectivity index (χ2n) is 14.9. The van der Waals surface area contributed by atoms with Gasteiger partial charge in [-0.05, 0) is 73.8 Å². The number of carbonyl (C=O) groups is 3. The fourth-order valence-corrected chi connectivity index (χ4v) is 10.6. The minimum atomic E-state index is -1.06. The molecule has 0 aliphatic heterocycles. The van der Waals surface area contributed by atoms with Gasteiger partial charge in [0.25, 0.3) is 0 Å². The Kier molecular flexibility index (Phi) is 7.12. The number of aliphatic carboxylic acids is 1. The summed E-state index contributed by atoms with van der Waals surface area (Å²) >= 11 is 0. The molecule has 4 N–H and O–H groups in total. The highest BCUT2D eigenvalue weighted by molar-refractivity contribution is 6.02. The number of hydrogen-bond acceptors (Lipinski definition) is 6. The number of rotatable bonds is 4. The number of carbonyl (C=O) groups excluding carboxylic acids is 2. The second kappa shape index (κ2) is 9.60. The first-order valence-corrected chi connectivity index (χ1v) is 15.3. The van der Waals surface area contributed by atoms with E-state index in [1.165, 1.54) is 13.0 Å². The van der Waals surface area contributed by atoms with Crippen LogP contribution in [0, 0.1) is 45.3 Å². The lowest BCUT2D eigenvalue weighted by Gasteiger charge is -2.63. The Morgan fingerprint density at radius 1 is 1.05 bits per heavy atom. The largest absolute Gasteiger partial charge is 0.478 e. The summed E-state index contributed by atoms with van der Waals surface area (Å²) in [6.45, 7) is 11.7. The standard InChI is InChI=1S/C33H48O7/c1-17(29(39)40)13-19(34)14-18-9-7-8-10-20-28(38)27-26(33(6)25(37)15-21(18)32(20,33)5)22(35)16-23-30(2,3)24(36)11-12-31(23,27)4/h13,18-23,25,34-35,37H,7-12,14-16H2,1-6H3,(H,39,40). The van der Waals surface area contributed by atoms with Gasteiger partial charge in [0.05, 0.1) is 18.3 Å². The van der Waals surface area contributed by atoms with E-state index in [-0.39, 0.29) is 40.8 Å². The van der Waals surface area contributed by atoms with Gasteiger partial charge in [0, 0.05) is 39.7 Å². The van der Waals surface area contributed by atoms with Crippen molar-refractivity contribution < 1.29 is 34.8 Å². The number of aliphatic hydroxyl groups excluding tert-OH is 3. The molecule has 0 aromatic heterocycles. The normalized spacial score (nSPS) is 45.7. The van der Waals surface area contributed by atoms with E-state index in [1.807, 2.05) is 13.8 Å². The molecule has 0 spiro atoms. The van der Waals surface area contributed by atoms with E-state index in [1.54, 1.807) is 0 Å². The second-order valence-corrected chi connectivity index (χ2v) is 14.9. The average molecular weight is 557 g/mol. The van der Waals surface area contributed by atoms with Crippen LogP contribution in [-0.4, -0.2) is 56.3 Å². The molecule has 0 aromatic carbocycles. The van der Waals surface area contributed by atoms with E-state index in [4.69, 9.17) is 0 Å². The highest BCUT2D eigenvalue weighted by Crippen LogP contribution is 2.74. The first-order chi connectivity index (χ1) is 18.5. The Bertz CT molecular complexity index is 1180. The van der Waals surface area contributed by atoms with Crippen molar-refractivity contribution in [2.24, 2.45) is 45.3 Å². The summed E-state index contributed by atoms with van der Waals surface area (Å²) in [7, 11) is 0. The van der Waals surface area contributed by atoms with Crippen molar-refractivity contribution in [3.05, 3.63) is 22.8 Å². The fraction of sp³-hybridized carbons (Fsp3) is 0.788. The fourth-order valence-electron chi connectivity index (χ4n) is 10.6. The zero-order valence-corrected chi connectivity index (χ0v) is 25.0. The number of hydrogen-bond donors (Lipinski definition) is 4. The van der Waals surface area contributed by atoms with E-state index >= 15 is 0 Å². The Labute approximate surface area is 238 Å². The molecule has 0 heterocycles. The summed E-state index contributed by atoms with van der Waals surface area (Å²) in [5.74, 6) is -1.32. The van der Waals surface area contributed by atoms with E-state index in [2.05, 4.69) is 20.8 Å². The predicted molar refractivity (Wildman–Crippen MR) is 150 cm³/mol. The monoisotopic (exact) mass is 556 g/mol. The number of aliphatic hydroxyl groups is 3. The van der Waals surface area contributed by atoms with E-state index in [0.29, 0.717) is 43.3 Å². The first-order valence-electron chi connectivity index (χ1n) is 15.3. The number of allylic oxidation sites excluding steroid dienone is 1. The molecule has 5 aliphatic rings. The van der Waals surface area contributed by atoms with Crippen LogP contribution in [0.4, 0.5) is 0 Å². The lowest BCUT2D eigenvalue weighted by molar-refractivity contribution is -0.152. The Morgan fingerprint density at radius 3 is 2.35 bits per heavy atom. The van der Waals surface area contributed by atoms with Gasteiger partial charge in [-0.3, -0.25) is 9.59 Å². The average Bonchev–Trinajstić information content (AvgIpc) is 3.07. The molecule has 3 fully saturated rings. The molecule has 7 heteroatoms. The van der Waals surface area contributed by atoms with Gasteiger partial charge in [0.1, 0.15) is 5.78 Å². The lowest BCUT2D eigenvalue weighted by Crippen LogP contribution is -2.63. The van der Waals surface area contributed by atoms with E-state index in [0.717, 1.165) is 25.7 Å². The summed E-state index contributed by atoms with van der Waals surface area (Å²) in [5.41, 5.74) is -1.13. The quantitative estimate of drug-likeness (QED) is 0.371. The third-order valence-corrected chi connectivity index (χ3v) is 13.0. The summed E-state index contributed by atoms with van der Waals surface area (Å²) in [6, 6.07) is 0. The summed E-state index contributed by atoms with van der Waals surface area (Å²) in [6.07, 6.45) is 4.36. The van der Waals surface area contributed by atoms with E-state index < -0.39 is 45.9 Å². The van der Waals surface area contributed by atoms with Gasteiger partial charge in [-0.15, -0.1) is 0 Å². The van der Waals surface area contributed by atoms with Crippen LogP contribution in [-0.2, 0) is 14.4 Å². The molecule has 222 valence electrons. The Hall–Kier alpha value is -1.83. The third kappa shape index (κ3) is 3.82. The van der Waals surface area contributed by atoms with Crippen molar-refractivity contribution in [3.63, 3.8) is 0 Å². The van der Waals surface area contributed by atoms with Crippen LogP contribution in [0.5, 0.6) is 0 Å². The van der Waals surface area contributed by atoms with Crippen LogP contribution in [0.2, 0.25) is 0 Å². The molecule has 0 amide bonds. The van der Waals surface area contributed by atoms with Crippen LogP contribution < -0.4 is 0 Å². The van der Waals surface area contributed by atoms with Crippen molar-refractivity contribution in [2.45, 2.75) is 118 Å². The van der Waals surface area contributed by atoms with Crippen molar-refractivity contribution in [1.82, 2.24) is 0 Å². The maximum absolute atomic E-state index is 14.8. The van der Waals surface area contributed by atoms with Gasteiger partial charge in [-0.1, -0.05) is 53.9 Å². The highest BCUT2D eigenvalue weighted by atomic mass is 16.4. The van der Waals surface area contributed by atoms with Gasteiger partial charge in [-0.25, -0.2) is 4.79 Å². The molecular formula is C33H48O7. The predicted octanol–water partition coefficient (Wildman–Crippen LogP) is 4.62. The van der Waals surface area contributed by atoms with Crippen molar-refractivity contribution in [1.29, 1.82) is 0 Å². The van der Waals surface area contributed by atoms with Gasteiger partial charge in [-0.2, -0.15) is 0 Å². The van der Waals surface area contributed by atoms with Crippen LogP contribution in [0.3, 0.4) is 0 Å². The molecule has 5 aliphatic carbocycles. The molecule has 40 heavy (non-hydrogen) atoms. The number of fused-ring (bicyclic) bond motifs is 3. The van der Waals surface area contributed by atoms with Crippen LogP contribution in [0.25, 0.3) is 0 Å². The summed E-state index contributed by atoms with van der Waals surface area (Å²) < 4.78 is 0. The molecule has 0 bridgehead atoms. The van der Waals surface area contributed by atoms with Crippen molar-refractivity contribution in [3.8, 4) is 0 Å². The van der Waals surface area contributed by atoms with Crippen LogP contribution in [0.1, 0.15) is 99.3 Å². The number of Topliss-reactive ketones (excluding diaryl/α,β-unsaturated/α-hetero) is 2. The van der Waals surface area contributed by atoms with Crippen molar-refractivity contribution in [2.75, 3.05) is 0 Å². The summed E-state index contributed by atoms with van der Waals surface area (Å²) in [5, 5.41) is 44.0. The minimum absolute atomic E-state index is 0.00220. The van der Waals surface area contributed by atoms with Gasteiger partial charge in [0.15, 0.2) is 5.78 Å². The third-order valence-electron chi connectivity index (χ3n) is 13.0. The molecule has 3 saturated carbocycles. The maximum atomic E-state index is 14.8. The molecule has 5 rings (SSSR count). The minimum Gasteiger partial charge on any atom is -0.478 e. The number of ketones is 2. The first kappa shape index (κ1) is 29.7. The zero-order valence-electron chi connectivity index (χ0n) is 25.0. The van der Waals surface area contributed by atoms with Gasteiger partial charge < -0.3 is 20.4 Å². The molecule has 0 saturated heterocycles. The molecule has 0 aromatic rings. The molecule has 10 unspecified atom stereocenters. The Balaban J connectivity index is 1.65. The molecule has 7 nitrogen and oxygen atoms in total.